The van der Waals surface area contributed by atoms with Gasteiger partial charge in [0, 0.05) is 45.7 Å². The summed E-state index contributed by atoms with van der Waals surface area (Å²) in [5, 5.41) is 2.72. The topological polar surface area (TPSA) is 30.5 Å². The Labute approximate surface area is 297 Å². The van der Waals surface area contributed by atoms with E-state index in [1.54, 1.807) is 23.9 Å². The van der Waals surface area contributed by atoms with Crippen molar-refractivity contribution >= 4 is 54.5 Å². The van der Waals surface area contributed by atoms with Crippen LogP contribution in [0.1, 0.15) is 11.1 Å². The van der Waals surface area contributed by atoms with Crippen LogP contribution in [0.25, 0.3) is 33.4 Å². The molecule has 9 rings (SSSR count). The lowest BCUT2D eigenvalue weighted by atomic mass is 9.94. The van der Waals surface area contributed by atoms with Crippen LogP contribution in [0.2, 0.25) is 13.1 Å². The van der Waals surface area contributed by atoms with Gasteiger partial charge in [-0.05, 0) is 57.6 Å². The molecule has 0 aromatic heterocycles. The lowest BCUT2D eigenvalue weighted by Crippen LogP contribution is -2.43. The van der Waals surface area contributed by atoms with Gasteiger partial charge in [0.05, 0.1) is 21.2 Å². The van der Waals surface area contributed by atoms with Gasteiger partial charge >= 0.3 is 0 Å². The Hall–Kier alpha value is -5.08. The zero-order chi connectivity index (χ0) is 33.0. The predicted octanol–water partition coefficient (Wildman–Crippen LogP) is 11.6. The van der Waals surface area contributed by atoms with Gasteiger partial charge in [0.15, 0.2) is 8.07 Å². The molecule has 0 spiro atoms. The highest BCUT2D eigenvalue weighted by Gasteiger charge is 2.50. The number of nitrogens with one attached hydrogen (secondary N) is 2. The number of allylic oxidation sites excluding steroid dienone is 2. The summed E-state index contributed by atoms with van der Waals surface area (Å²) in [6, 6.07) is 56.7. The summed E-state index contributed by atoms with van der Waals surface area (Å²) >= 11 is 3.59. The molecule has 3 aliphatic heterocycles. The summed E-state index contributed by atoms with van der Waals surface area (Å²) in [6.07, 6.45) is 0. The minimum atomic E-state index is -2.41. The molecule has 0 atom stereocenters. The maximum absolute atomic E-state index is 3.87. The van der Waals surface area contributed by atoms with Crippen LogP contribution in [0.4, 0.5) is 11.4 Å². The number of nitrogens with zero attached hydrogens (tertiary/aromatic N) is 2. The van der Waals surface area contributed by atoms with Crippen molar-refractivity contribution in [2.24, 2.45) is 0 Å². The average Bonchev–Trinajstić information content (AvgIpc) is 3.83. The molecule has 3 aliphatic rings. The number of hydrazine groups is 2. The molecule has 6 aromatic carbocycles. The van der Waals surface area contributed by atoms with Crippen LogP contribution < -0.4 is 10.9 Å². The molecule has 4 nitrogen and oxygen atoms in total. The van der Waals surface area contributed by atoms with Crippen LogP contribution in [0.15, 0.2) is 178 Å². The van der Waals surface area contributed by atoms with E-state index in [0.717, 1.165) is 11.4 Å². The minimum Gasteiger partial charge on any atom is -0.287 e. The Morgan fingerprint density at radius 2 is 0.755 bits per heavy atom. The fourth-order valence-corrected chi connectivity index (χ4v) is 13.6. The molecule has 49 heavy (non-hydrogen) atoms. The second-order valence-electron chi connectivity index (χ2n) is 13.0. The Morgan fingerprint density at radius 1 is 0.408 bits per heavy atom. The van der Waals surface area contributed by atoms with E-state index in [1.165, 1.54) is 65.0 Å². The van der Waals surface area contributed by atoms with Crippen molar-refractivity contribution < 1.29 is 0 Å². The predicted molar refractivity (Wildman–Crippen MR) is 211 cm³/mol. The van der Waals surface area contributed by atoms with Gasteiger partial charge in [-0.1, -0.05) is 147 Å². The second kappa shape index (κ2) is 12.1. The normalized spacial score (nSPS) is 16.0. The van der Waals surface area contributed by atoms with E-state index in [1.807, 2.05) is 0 Å². The van der Waals surface area contributed by atoms with Gasteiger partial charge in [-0.15, -0.1) is 0 Å². The molecule has 0 fully saturated rings. The van der Waals surface area contributed by atoms with Crippen molar-refractivity contribution in [1.82, 2.24) is 8.83 Å². The number of fused-ring (bicyclic) bond motifs is 2. The van der Waals surface area contributed by atoms with Crippen molar-refractivity contribution in [2.75, 3.05) is 10.9 Å². The molecule has 0 bridgehead atoms. The molecule has 238 valence electrons. The third-order valence-corrected chi connectivity index (χ3v) is 15.1. The Bertz CT molecular complexity index is 2090. The van der Waals surface area contributed by atoms with Crippen molar-refractivity contribution in [2.45, 2.75) is 22.9 Å². The van der Waals surface area contributed by atoms with Gasteiger partial charge < -0.3 is 0 Å². The lowest BCUT2D eigenvalue weighted by molar-refractivity contribution is 0.722. The molecular weight excluding hydrogens is 653 g/mol. The van der Waals surface area contributed by atoms with E-state index in [2.05, 4.69) is 190 Å². The summed E-state index contributed by atoms with van der Waals surface area (Å²) in [7, 11) is -2.41. The van der Waals surface area contributed by atoms with Crippen LogP contribution in [-0.4, -0.2) is 16.9 Å². The van der Waals surface area contributed by atoms with Crippen LogP contribution in [0, 0.1) is 0 Å². The number of hydrogen-bond acceptors (Lipinski definition) is 6. The standard InChI is InChI=1S/C42H34N4S2Si/c1-49(2)41(45-43-35-27-33(23-25-37(35)47-45)29-15-7-3-8-16-29)39(31-19-11-5-12-20-31)40(32-21-13-6-14-22-32)42(49)46-44-36-28-34(24-26-38(36)48-46)30-17-9-4-10-18-30/h3-28,43-44H,1-2H3. The zero-order valence-electron chi connectivity index (χ0n) is 27.2. The summed E-state index contributed by atoms with van der Waals surface area (Å²) in [4.78, 5) is 2.46. The third-order valence-electron chi connectivity index (χ3n) is 9.44. The van der Waals surface area contributed by atoms with Crippen molar-refractivity contribution in [3.8, 4) is 22.3 Å². The summed E-state index contributed by atoms with van der Waals surface area (Å²) < 4.78 is 4.73. The summed E-state index contributed by atoms with van der Waals surface area (Å²) in [5.74, 6) is 0. The maximum atomic E-state index is 3.87. The molecule has 0 radical (unpaired) electrons. The SMILES string of the molecule is C[Si]1(C)C(N2Nc3cc(-c4ccccc4)ccc3S2)=C(c2ccccc2)C(c2ccccc2)=C1N1Nc2cc(-c3ccccc3)ccc2S1. The van der Waals surface area contributed by atoms with E-state index < -0.39 is 8.07 Å². The average molecular weight is 687 g/mol. The third kappa shape index (κ3) is 5.26. The Kier molecular flexibility index (Phi) is 7.42. The van der Waals surface area contributed by atoms with E-state index in [9.17, 15) is 0 Å². The highest BCUT2D eigenvalue weighted by atomic mass is 32.2. The molecular formula is C42H34N4S2Si. The summed E-state index contributed by atoms with van der Waals surface area (Å²) in [5.41, 5.74) is 19.9. The molecule has 3 heterocycles. The fraction of sp³-hybridized carbons (Fsp3) is 0.0476. The van der Waals surface area contributed by atoms with E-state index in [4.69, 9.17) is 0 Å². The maximum Gasteiger partial charge on any atom is 0.161 e. The Balaban J connectivity index is 1.17. The first-order valence-corrected chi connectivity index (χ1v) is 21.1. The number of hydrogen-bond donors (Lipinski definition) is 2. The van der Waals surface area contributed by atoms with E-state index >= 15 is 0 Å². The molecule has 0 saturated carbocycles. The van der Waals surface area contributed by atoms with Crippen LogP contribution in [0.3, 0.4) is 0 Å². The fourth-order valence-electron chi connectivity index (χ4n) is 7.14. The van der Waals surface area contributed by atoms with Crippen molar-refractivity contribution in [3.05, 3.63) is 179 Å². The molecule has 0 saturated heterocycles. The molecule has 6 aromatic rings. The second-order valence-corrected chi connectivity index (χ2v) is 19.1. The van der Waals surface area contributed by atoms with Gasteiger partial charge in [0.1, 0.15) is 0 Å². The number of rotatable bonds is 6. The summed E-state index contributed by atoms with van der Waals surface area (Å²) in [6.45, 7) is 5.00. The van der Waals surface area contributed by atoms with Crippen LogP contribution in [0.5, 0.6) is 0 Å². The number of benzene rings is 6. The Morgan fingerprint density at radius 3 is 1.12 bits per heavy atom. The lowest BCUT2D eigenvalue weighted by Gasteiger charge is -2.34. The first-order valence-electron chi connectivity index (χ1n) is 16.5. The smallest absolute Gasteiger partial charge is 0.161 e. The highest BCUT2D eigenvalue weighted by molar-refractivity contribution is 7.98. The zero-order valence-corrected chi connectivity index (χ0v) is 29.9. The molecule has 7 heteroatoms. The quantitative estimate of drug-likeness (QED) is 0.134. The monoisotopic (exact) mass is 686 g/mol. The largest absolute Gasteiger partial charge is 0.287 e. The van der Waals surface area contributed by atoms with Gasteiger partial charge in [-0.3, -0.25) is 10.9 Å². The number of anilines is 2. The molecule has 0 aliphatic carbocycles. The van der Waals surface area contributed by atoms with Crippen LogP contribution in [-0.2, 0) is 0 Å². The first-order chi connectivity index (χ1) is 24.0. The first kappa shape index (κ1) is 30.0. The molecule has 0 amide bonds. The van der Waals surface area contributed by atoms with Crippen molar-refractivity contribution in [1.29, 1.82) is 0 Å². The van der Waals surface area contributed by atoms with E-state index in [0.29, 0.717) is 0 Å². The van der Waals surface area contributed by atoms with Gasteiger partial charge in [-0.2, -0.15) is 0 Å². The van der Waals surface area contributed by atoms with E-state index in [-0.39, 0.29) is 0 Å². The van der Waals surface area contributed by atoms with Gasteiger partial charge in [0.25, 0.3) is 0 Å². The van der Waals surface area contributed by atoms with Gasteiger partial charge in [0.2, 0.25) is 0 Å². The highest BCUT2D eigenvalue weighted by Crippen LogP contribution is 2.57. The van der Waals surface area contributed by atoms with Crippen LogP contribution >= 0.6 is 23.9 Å². The molecule has 2 N–H and O–H groups in total. The van der Waals surface area contributed by atoms with Crippen molar-refractivity contribution in [3.63, 3.8) is 0 Å². The molecule has 0 unspecified atom stereocenters. The van der Waals surface area contributed by atoms with Gasteiger partial charge in [-0.25, -0.2) is 8.83 Å². The minimum absolute atomic E-state index is 1.14.